The van der Waals surface area contributed by atoms with Crippen LogP contribution in [0.15, 0.2) is 12.1 Å². The second-order valence-corrected chi connectivity index (χ2v) is 3.49. The van der Waals surface area contributed by atoms with Crippen LogP contribution in [0.2, 0.25) is 0 Å². The van der Waals surface area contributed by atoms with Gasteiger partial charge in [0, 0.05) is 0 Å². The van der Waals surface area contributed by atoms with Gasteiger partial charge in [0.2, 0.25) is 0 Å². The third-order valence-corrected chi connectivity index (χ3v) is 2.40. The number of hydrogen-bond donors (Lipinski definition) is 0. The lowest BCUT2D eigenvalue weighted by Crippen LogP contribution is -2.11. The topological polar surface area (TPSA) is 102 Å². The van der Waals surface area contributed by atoms with Crippen molar-refractivity contribution in [2.45, 2.75) is 13.3 Å². The summed E-state index contributed by atoms with van der Waals surface area (Å²) in [6.45, 7) is 1.79. The van der Waals surface area contributed by atoms with Crippen molar-refractivity contribution in [1.29, 1.82) is 5.26 Å². The average molecular weight is 264 g/mol. The van der Waals surface area contributed by atoms with Gasteiger partial charge in [0.1, 0.15) is 0 Å². The van der Waals surface area contributed by atoms with Crippen molar-refractivity contribution in [3.05, 3.63) is 33.4 Å². The fourth-order valence-corrected chi connectivity index (χ4v) is 1.62. The zero-order chi connectivity index (χ0) is 14.4. The number of ether oxygens (including phenoxy) is 2. The summed E-state index contributed by atoms with van der Waals surface area (Å²) in [7, 11) is 1.28. The van der Waals surface area contributed by atoms with Crippen molar-refractivity contribution in [3.63, 3.8) is 0 Å². The Kier molecular flexibility index (Phi) is 4.83. The standard InChI is InChI=1S/C12H12N2O5/c1-3-19-11(15)6-9-8(7-13)4-5-10(18-2)12(9)14(16)17/h4-5H,3,6H2,1-2H3. The Morgan fingerprint density at radius 3 is 2.68 bits per heavy atom. The minimum Gasteiger partial charge on any atom is -0.490 e. The van der Waals surface area contributed by atoms with E-state index < -0.39 is 10.9 Å². The summed E-state index contributed by atoms with van der Waals surface area (Å²) in [6, 6.07) is 4.52. The molecule has 0 saturated heterocycles. The fourth-order valence-electron chi connectivity index (χ4n) is 1.62. The minimum absolute atomic E-state index is 0.00305. The van der Waals surface area contributed by atoms with Crippen LogP contribution in [0.1, 0.15) is 18.1 Å². The number of hydrogen-bond acceptors (Lipinski definition) is 6. The Bertz CT molecular complexity index is 548. The molecule has 0 aliphatic heterocycles. The van der Waals surface area contributed by atoms with E-state index in [4.69, 9.17) is 14.7 Å². The molecular formula is C12H12N2O5. The van der Waals surface area contributed by atoms with Crippen molar-refractivity contribution in [2.75, 3.05) is 13.7 Å². The third kappa shape index (κ3) is 3.19. The van der Waals surface area contributed by atoms with Gasteiger partial charge in [0.25, 0.3) is 0 Å². The molecule has 0 bridgehead atoms. The van der Waals surface area contributed by atoms with Gasteiger partial charge in [-0.2, -0.15) is 5.26 Å². The van der Waals surface area contributed by atoms with Crippen LogP contribution < -0.4 is 4.74 Å². The normalized spacial score (nSPS) is 9.53. The number of benzene rings is 1. The molecule has 0 saturated carbocycles. The molecule has 0 spiro atoms. The molecule has 0 aliphatic carbocycles. The van der Waals surface area contributed by atoms with E-state index in [-0.39, 0.29) is 35.6 Å². The summed E-state index contributed by atoms with van der Waals surface area (Å²) in [5.41, 5.74) is -0.319. The summed E-state index contributed by atoms with van der Waals surface area (Å²) >= 11 is 0. The maximum absolute atomic E-state index is 11.5. The Balaban J connectivity index is 3.36. The molecule has 1 aromatic rings. The van der Waals surface area contributed by atoms with Gasteiger partial charge in [-0.15, -0.1) is 0 Å². The summed E-state index contributed by atoms with van der Waals surface area (Å²) in [5.74, 6) is -0.626. The van der Waals surface area contributed by atoms with Gasteiger partial charge in [-0.3, -0.25) is 14.9 Å². The van der Waals surface area contributed by atoms with Gasteiger partial charge >= 0.3 is 11.7 Å². The molecule has 0 fully saturated rings. The van der Waals surface area contributed by atoms with Crippen LogP contribution in [0, 0.1) is 21.4 Å². The number of carbonyl (C=O) groups is 1. The number of nitrogens with zero attached hydrogens (tertiary/aromatic N) is 2. The molecule has 0 unspecified atom stereocenters. The molecule has 1 rings (SSSR count). The summed E-state index contributed by atoms with van der Waals surface area (Å²) < 4.78 is 9.63. The number of rotatable bonds is 5. The number of nitro groups is 1. The van der Waals surface area contributed by atoms with E-state index in [1.54, 1.807) is 6.92 Å². The van der Waals surface area contributed by atoms with E-state index in [9.17, 15) is 14.9 Å². The highest BCUT2D eigenvalue weighted by molar-refractivity contribution is 5.77. The predicted molar refractivity (Wildman–Crippen MR) is 64.7 cm³/mol. The molecule has 7 heteroatoms. The molecule has 0 radical (unpaired) electrons. The second-order valence-electron chi connectivity index (χ2n) is 3.49. The zero-order valence-electron chi connectivity index (χ0n) is 10.5. The minimum atomic E-state index is -0.672. The fraction of sp³-hybridized carbons (Fsp3) is 0.333. The van der Waals surface area contributed by atoms with Crippen LogP contribution in [-0.2, 0) is 16.0 Å². The van der Waals surface area contributed by atoms with Crippen molar-refractivity contribution >= 4 is 11.7 Å². The Labute approximate surface area is 109 Å². The van der Waals surface area contributed by atoms with Crippen LogP contribution in [0.25, 0.3) is 0 Å². The molecule has 100 valence electrons. The highest BCUT2D eigenvalue weighted by atomic mass is 16.6. The Hall–Kier alpha value is -2.62. The molecular weight excluding hydrogens is 252 g/mol. The highest BCUT2D eigenvalue weighted by Crippen LogP contribution is 2.33. The SMILES string of the molecule is CCOC(=O)Cc1c(C#N)ccc(OC)c1[N+](=O)[O-]. The van der Waals surface area contributed by atoms with Crippen molar-refractivity contribution in [1.82, 2.24) is 0 Å². The van der Waals surface area contributed by atoms with Crippen LogP contribution in [0.3, 0.4) is 0 Å². The van der Waals surface area contributed by atoms with Crippen molar-refractivity contribution in [3.8, 4) is 11.8 Å². The smallest absolute Gasteiger partial charge is 0.315 e. The molecule has 7 nitrogen and oxygen atoms in total. The van der Waals surface area contributed by atoms with Crippen LogP contribution in [0.5, 0.6) is 5.75 Å². The van der Waals surface area contributed by atoms with Gasteiger partial charge < -0.3 is 9.47 Å². The number of esters is 1. The summed E-state index contributed by atoms with van der Waals surface area (Å²) in [5, 5.41) is 20.0. The van der Waals surface area contributed by atoms with E-state index in [1.807, 2.05) is 6.07 Å². The van der Waals surface area contributed by atoms with Crippen LogP contribution >= 0.6 is 0 Å². The molecule has 0 amide bonds. The lowest BCUT2D eigenvalue weighted by Gasteiger charge is -2.08. The second kappa shape index (κ2) is 6.35. The third-order valence-electron chi connectivity index (χ3n) is 2.40. The molecule has 0 N–H and O–H groups in total. The number of nitriles is 1. The van der Waals surface area contributed by atoms with Gasteiger partial charge in [0.05, 0.1) is 42.3 Å². The molecule has 0 heterocycles. The van der Waals surface area contributed by atoms with E-state index in [1.165, 1.54) is 19.2 Å². The van der Waals surface area contributed by atoms with E-state index >= 15 is 0 Å². The van der Waals surface area contributed by atoms with Crippen LogP contribution in [-0.4, -0.2) is 24.6 Å². The number of methoxy groups -OCH3 is 1. The highest BCUT2D eigenvalue weighted by Gasteiger charge is 2.26. The lowest BCUT2D eigenvalue weighted by molar-refractivity contribution is -0.386. The number of nitro benzene ring substituents is 1. The summed E-state index contributed by atoms with van der Waals surface area (Å²) in [4.78, 5) is 21.9. The van der Waals surface area contributed by atoms with E-state index in [0.717, 1.165) is 0 Å². The molecule has 1 aromatic carbocycles. The first-order chi connectivity index (χ1) is 9.04. The van der Waals surface area contributed by atoms with Crippen molar-refractivity contribution < 1.29 is 19.2 Å². The molecule has 0 atom stereocenters. The van der Waals surface area contributed by atoms with E-state index in [0.29, 0.717) is 0 Å². The van der Waals surface area contributed by atoms with E-state index in [2.05, 4.69) is 0 Å². The molecule has 0 aromatic heterocycles. The summed E-state index contributed by atoms with van der Waals surface area (Å²) in [6.07, 6.45) is -0.343. The predicted octanol–water partition coefficient (Wildman–Crippen LogP) is 1.58. The number of carbonyl (C=O) groups excluding carboxylic acids is 1. The maximum atomic E-state index is 11.5. The molecule has 19 heavy (non-hydrogen) atoms. The Morgan fingerprint density at radius 2 is 2.21 bits per heavy atom. The molecule has 0 aliphatic rings. The van der Waals surface area contributed by atoms with Crippen molar-refractivity contribution in [2.24, 2.45) is 0 Å². The quantitative estimate of drug-likeness (QED) is 0.454. The lowest BCUT2D eigenvalue weighted by atomic mass is 10.0. The Morgan fingerprint density at radius 1 is 1.53 bits per heavy atom. The van der Waals surface area contributed by atoms with Gasteiger partial charge in [-0.25, -0.2) is 0 Å². The first-order valence-corrected chi connectivity index (χ1v) is 5.45. The van der Waals surface area contributed by atoms with Gasteiger partial charge in [-0.1, -0.05) is 0 Å². The van der Waals surface area contributed by atoms with Gasteiger partial charge in [0.15, 0.2) is 5.75 Å². The van der Waals surface area contributed by atoms with Crippen LogP contribution in [0.4, 0.5) is 5.69 Å². The first kappa shape index (κ1) is 14.4. The monoisotopic (exact) mass is 264 g/mol. The van der Waals surface area contributed by atoms with Gasteiger partial charge in [-0.05, 0) is 19.1 Å². The maximum Gasteiger partial charge on any atom is 0.315 e. The average Bonchev–Trinajstić information content (AvgIpc) is 2.37. The zero-order valence-corrected chi connectivity index (χ0v) is 10.5. The first-order valence-electron chi connectivity index (χ1n) is 5.45. The largest absolute Gasteiger partial charge is 0.490 e.